The maximum atomic E-state index is 14.3. The van der Waals surface area contributed by atoms with Gasteiger partial charge in [0.15, 0.2) is 0 Å². The lowest BCUT2D eigenvalue weighted by Crippen LogP contribution is -2.08. The highest BCUT2D eigenvalue weighted by atomic mass is 32.1. The molecule has 0 radical (unpaired) electrons. The monoisotopic (exact) mass is 359 g/mol. The van der Waals surface area contributed by atoms with E-state index in [2.05, 4.69) is 12.6 Å². The minimum absolute atomic E-state index is 0.0826. The average Bonchev–Trinajstić information content (AvgIpc) is 2.53. The predicted octanol–water partition coefficient (Wildman–Crippen LogP) is 5.80. The van der Waals surface area contributed by atoms with Gasteiger partial charge in [0.1, 0.15) is 5.82 Å². The van der Waals surface area contributed by atoms with Crippen LogP contribution in [0.2, 0.25) is 0 Å². The van der Waals surface area contributed by atoms with E-state index in [1.807, 2.05) is 0 Å². The average molecular weight is 359 g/mol. The summed E-state index contributed by atoms with van der Waals surface area (Å²) in [4.78, 5) is 10.3. The fourth-order valence-electron chi connectivity index (χ4n) is 2.40. The van der Waals surface area contributed by atoms with Gasteiger partial charge in [-0.15, -0.1) is 0 Å². The first-order chi connectivity index (χ1) is 11.2. The van der Waals surface area contributed by atoms with Crippen LogP contribution in [0.3, 0.4) is 0 Å². The number of alkyl halides is 3. The van der Waals surface area contributed by atoms with Crippen LogP contribution in [0.1, 0.15) is 29.7 Å². The van der Waals surface area contributed by atoms with Crippen molar-refractivity contribution >= 4 is 18.3 Å². The van der Waals surface area contributed by atoms with Gasteiger partial charge in [-0.2, -0.15) is 25.8 Å². The Morgan fingerprint density at radius 2 is 1.83 bits per heavy atom. The molecule has 0 aliphatic rings. The highest BCUT2D eigenvalue weighted by Gasteiger charge is 2.34. The molecule has 0 amide bonds. The Kier molecular flexibility index (Phi) is 5.17. The highest BCUT2D eigenvalue weighted by molar-refractivity contribution is 7.80. The standard InChI is InChI=1S/C16H13F4NO2S/c1-2-15(24)11-7-10(13(17)8-14(11)21(22)23)9-5-3-4-6-12(9)16(18,19)20/h3-8,15,24H,2H2,1H3. The number of nitro benzene ring substituents is 1. The van der Waals surface area contributed by atoms with Crippen molar-refractivity contribution in [3.8, 4) is 11.1 Å². The summed E-state index contributed by atoms with van der Waals surface area (Å²) in [6.45, 7) is 1.72. The molecule has 0 N–H and O–H groups in total. The summed E-state index contributed by atoms with van der Waals surface area (Å²) in [5, 5.41) is 10.5. The number of nitrogens with zero attached hydrogens (tertiary/aromatic N) is 1. The van der Waals surface area contributed by atoms with Gasteiger partial charge in [0, 0.05) is 16.4 Å². The number of thiol groups is 1. The van der Waals surface area contributed by atoms with Crippen molar-refractivity contribution in [2.24, 2.45) is 0 Å². The summed E-state index contributed by atoms with van der Waals surface area (Å²) in [6.07, 6.45) is -4.27. The van der Waals surface area contributed by atoms with Crippen LogP contribution >= 0.6 is 12.6 Å². The normalized spacial score (nSPS) is 12.9. The fraction of sp³-hybridized carbons (Fsp3) is 0.250. The van der Waals surface area contributed by atoms with Gasteiger partial charge in [0.05, 0.1) is 16.6 Å². The molecule has 0 heterocycles. The summed E-state index contributed by atoms with van der Waals surface area (Å²) in [7, 11) is 0. The smallest absolute Gasteiger partial charge is 0.258 e. The Morgan fingerprint density at radius 1 is 1.21 bits per heavy atom. The predicted molar refractivity (Wildman–Crippen MR) is 85.5 cm³/mol. The second kappa shape index (κ2) is 6.80. The zero-order valence-corrected chi connectivity index (χ0v) is 13.4. The first kappa shape index (κ1) is 18.3. The quantitative estimate of drug-likeness (QED) is 0.324. The minimum atomic E-state index is -4.67. The third kappa shape index (κ3) is 3.53. The summed E-state index contributed by atoms with van der Waals surface area (Å²) < 4.78 is 53.8. The molecule has 0 bridgehead atoms. The molecule has 2 rings (SSSR count). The molecule has 3 nitrogen and oxygen atoms in total. The van der Waals surface area contributed by atoms with E-state index in [9.17, 15) is 27.7 Å². The van der Waals surface area contributed by atoms with Gasteiger partial charge in [-0.05, 0) is 24.1 Å². The van der Waals surface area contributed by atoms with Crippen LogP contribution in [0.15, 0.2) is 36.4 Å². The van der Waals surface area contributed by atoms with E-state index in [4.69, 9.17) is 0 Å². The molecule has 24 heavy (non-hydrogen) atoms. The van der Waals surface area contributed by atoms with Gasteiger partial charge in [-0.25, -0.2) is 4.39 Å². The fourth-order valence-corrected chi connectivity index (χ4v) is 2.60. The summed E-state index contributed by atoms with van der Waals surface area (Å²) >= 11 is 4.21. The first-order valence-electron chi connectivity index (χ1n) is 6.99. The Hall–Kier alpha value is -2.09. The molecule has 2 aromatic rings. The van der Waals surface area contributed by atoms with Gasteiger partial charge in [-0.3, -0.25) is 10.1 Å². The molecule has 0 spiro atoms. The molecule has 1 atom stereocenters. The molecule has 0 saturated heterocycles. The SMILES string of the molecule is CCC(S)c1cc(-c2ccccc2C(F)(F)F)c(F)cc1[N+](=O)[O-]. The van der Waals surface area contributed by atoms with Crippen LogP contribution in [0.5, 0.6) is 0 Å². The number of rotatable bonds is 4. The van der Waals surface area contributed by atoms with Crippen molar-refractivity contribution in [3.63, 3.8) is 0 Å². The van der Waals surface area contributed by atoms with Gasteiger partial charge in [0.2, 0.25) is 0 Å². The number of nitro groups is 1. The molecule has 128 valence electrons. The Morgan fingerprint density at radius 3 is 2.38 bits per heavy atom. The third-order valence-electron chi connectivity index (χ3n) is 3.58. The van der Waals surface area contributed by atoms with E-state index < -0.39 is 33.4 Å². The van der Waals surface area contributed by atoms with Gasteiger partial charge in [-0.1, -0.05) is 25.1 Å². The molecule has 8 heteroatoms. The van der Waals surface area contributed by atoms with Gasteiger partial charge < -0.3 is 0 Å². The molecular formula is C16H13F4NO2S. The van der Waals surface area contributed by atoms with Gasteiger partial charge >= 0.3 is 6.18 Å². The van der Waals surface area contributed by atoms with Crippen LogP contribution in [0, 0.1) is 15.9 Å². The largest absolute Gasteiger partial charge is 0.417 e. The second-order valence-electron chi connectivity index (χ2n) is 5.12. The number of hydrogen-bond donors (Lipinski definition) is 1. The molecule has 0 aromatic heterocycles. The van der Waals surface area contributed by atoms with Crippen LogP contribution in [-0.4, -0.2) is 4.92 Å². The molecule has 0 aliphatic heterocycles. The Balaban J connectivity index is 2.75. The molecule has 2 aromatic carbocycles. The topological polar surface area (TPSA) is 43.1 Å². The van der Waals surface area contributed by atoms with E-state index in [-0.39, 0.29) is 16.7 Å². The summed E-state index contributed by atoms with van der Waals surface area (Å²) in [6, 6.07) is 6.26. The Labute approximate surface area is 140 Å². The van der Waals surface area contributed by atoms with E-state index in [1.54, 1.807) is 6.92 Å². The molecule has 1 unspecified atom stereocenters. The maximum absolute atomic E-state index is 14.3. The number of halogens is 4. The number of benzene rings is 2. The van der Waals surface area contributed by atoms with Crippen molar-refractivity contribution in [1.82, 2.24) is 0 Å². The second-order valence-corrected chi connectivity index (χ2v) is 5.74. The van der Waals surface area contributed by atoms with Crippen LogP contribution < -0.4 is 0 Å². The maximum Gasteiger partial charge on any atom is 0.417 e. The molecule has 0 fully saturated rings. The van der Waals surface area contributed by atoms with Crippen LogP contribution in [-0.2, 0) is 6.18 Å². The van der Waals surface area contributed by atoms with Crippen molar-refractivity contribution in [2.75, 3.05) is 0 Å². The van der Waals surface area contributed by atoms with E-state index in [0.29, 0.717) is 12.5 Å². The lowest BCUT2D eigenvalue weighted by Gasteiger charge is -2.16. The van der Waals surface area contributed by atoms with Crippen molar-refractivity contribution in [2.45, 2.75) is 24.8 Å². The minimum Gasteiger partial charge on any atom is -0.258 e. The van der Waals surface area contributed by atoms with E-state index in [0.717, 1.165) is 18.2 Å². The molecule has 0 saturated carbocycles. The van der Waals surface area contributed by atoms with Gasteiger partial charge in [0.25, 0.3) is 5.69 Å². The highest BCUT2D eigenvalue weighted by Crippen LogP contribution is 2.41. The summed E-state index contributed by atoms with van der Waals surface area (Å²) in [5.74, 6) is -1.08. The lowest BCUT2D eigenvalue weighted by atomic mass is 9.95. The first-order valence-corrected chi connectivity index (χ1v) is 7.51. The zero-order chi connectivity index (χ0) is 18.1. The number of hydrogen-bond acceptors (Lipinski definition) is 3. The lowest BCUT2D eigenvalue weighted by molar-refractivity contribution is -0.385. The summed E-state index contributed by atoms with van der Waals surface area (Å²) in [5.41, 5.74) is -2.12. The van der Waals surface area contributed by atoms with Crippen LogP contribution in [0.4, 0.5) is 23.2 Å². The molecule has 0 aliphatic carbocycles. The van der Waals surface area contributed by atoms with Crippen molar-refractivity contribution in [3.05, 3.63) is 63.5 Å². The van der Waals surface area contributed by atoms with E-state index in [1.165, 1.54) is 12.1 Å². The van der Waals surface area contributed by atoms with Crippen molar-refractivity contribution in [1.29, 1.82) is 0 Å². The molecular weight excluding hydrogens is 346 g/mol. The Bertz CT molecular complexity index is 777. The van der Waals surface area contributed by atoms with Crippen LogP contribution in [0.25, 0.3) is 11.1 Å². The zero-order valence-electron chi connectivity index (χ0n) is 12.5. The van der Waals surface area contributed by atoms with E-state index >= 15 is 0 Å². The van der Waals surface area contributed by atoms with Crippen molar-refractivity contribution < 1.29 is 22.5 Å². The third-order valence-corrected chi connectivity index (χ3v) is 4.22.